The van der Waals surface area contributed by atoms with Gasteiger partial charge in [-0.15, -0.1) is 0 Å². The first-order valence-corrected chi connectivity index (χ1v) is 4.89. The molecule has 1 amide bonds. The van der Waals surface area contributed by atoms with Crippen molar-refractivity contribution < 1.29 is 14.3 Å². The molecule has 82 valence electrons. The van der Waals surface area contributed by atoms with E-state index in [1.54, 1.807) is 18.9 Å². The van der Waals surface area contributed by atoms with Crippen molar-refractivity contribution in [1.82, 2.24) is 10.2 Å². The van der Waals surface area contributed by atoms with E-state index in [9.17, 15) is 4.79 Å². The number of carbonyl (C=O) groups is 1. The number of likely N-dealkylation sites (N-methyl/N-ethyl adjacent to an activating group) is 1. The summed E-state index contributed by atoms with van der Waals surface area (Å²) in [5, 5.41) is 3.00. The lowest BCUT2D eigenvalue weighted by Gasteiger charge is -2.33. The Bertz CT molecular complexity index is 198. The number of nitrogens with zero attached hydrogens (tertiary/aromatic N) is 1. The lowest BCUT2D eigenvalue weighted by molar-refractivity contribution is -0.181. The van der Waals surface area contributed by atoms with Gasteiger partial charge < -0.3 is 14.4 Å². The van der Waals surface area contributed by atoms with E-state index in [2.05, 4.69) is 5.32 Å². The smallest absolute Gasteiger partial charge is 0.266 e. The predicted molar refractivity (Wildman–Crippen MR) is 51.6 cm³/mol. The SMILES string of the molecule is CCN1CCNC(OC(C)OC)C1=O. The second kappa shape index (κ2) is 5.29. The highest BCUT2D eigenvalue weighted by Crippen LogP contribution is 2.05. The van der Waals surface area contributed by atoms with E-state index in [0.717, 1.165) is 19.6 Å². The third-order valence-electron chi connectivity index (χ3n) is 2.29. The molecule has 1 heterocycles. The molecule has 1 saturated heterocycles. The van der Waals surface area contributed by atoms with Crippen LogP contribution in [0.2, 0.25) is 0 Å². The molecule has 0 aromatic carbocycles. The van der Waals surface area contributed by atoms with E-state index in [1.165, 1.54) is 0 Å². The fourth-order valence-electron chi connectivity index (χ4n) is 1.36. The number of hydrogen-bond donors (Lipinski definition) is 1. The van der Waals surface area contributed by atoms with Gasteiger partial charge in [0.1, 0.15) is 0 Å². The Balaban J connectivity index is 2.47. The number of carbonyl (C=O) groups excluding carboxylic acids is 1. The topological polar surface area (TPSA) is 50.8 Å². The molecule has 0 aliphatic carbocycles. The summed E-state index contributed by atoms with van der Waals surface area (Å²) >= 11 is 0. The van der Waals surface area contributed by atoms with Gasteiger partial charge in [0.2, 0.25) is 0 Å². The fraction of sp³-hybridized carbons (Fsp3) is 0.889. The molecule has 0 aromatic rings. The van der Waals surface area contributed by atoms with Gasteiger partial charge in [0.15, 0.2) is 12.5 Å². The van der Waals surface area contributed by atoms with Crippen LogP contribution < -0.4 is 5.32 Å². The first-order valence-electron chi connectivity index (χ1n) is 4.89. The first-order chi connectivity index (χ1) is 6.69. The van der Waals surface area contributed by atoms with Gasteiger partial charge in [-0.1, -0.05) is 0 Å². The summed E-state index contributed by atoms with van der Waals surface area (Å²) in [6, 6.07) is 0. The van der Waals surface area contributed by atoms with Crippen LogP contribution in [-0.2, 0) is 14.3 Å². The Labute approximate surface area is 84.4 Å². The molecule has 0 aromatic heterocycles. The number of hydrogen-bond acceptors (Lipinski definition) is 4. The molecule has 0 radical (unpaired) electrons. The van der Waals surface area contributed by atoms with Crippen molar-refractivity contribution >= 4 is 5.91 Å². The van der Waals surface area contributed by atoms with Gasteiger partial charge in [0.25, 0.3) is 5.91 Å². The quantitative estimate of drug-likeness (QED) is 0.640. The zero-order valence-corrected chi connectivity index (χ0v) is 8.95. The molecule has 5 nitrogen and oxygen atoms in total. The van der Waals surface area contributed by atoms with Gasteiger partial charge in [0.05, 0.1) is 0 Å². The van der Waals surface area contributed by atoms with Gasteiger partial charge in [-0.05, 0) is 13.8 Å². The van der Waals surface area contributed by atoms with Crippen LogP contribution in [0.3, 0.4) is 0 Å². The molecule has 1 aliphatic rings. The highest BCUT2D eigenvalue weighted by atomic mass is 16.7. The van der Waals surface area contributed by atoms with Gasteiger partial charge in [-0.25, -0.2) is 0 Å². The highest BCUT2D eigenvalue weighted by molar-refractivity contribution is 5.81. The summed E-state index contributed by atoms with van der Waals surface area (Å²) in [7, 11) is 1.55. The number of nitrogens with one attached hydrogen (secondary N) is 1. The molecule has 2 atom stereocenters. The van der Waals surface area contributed by atoms with Crippen molar-refractivity contribution in [3.05, 3.63) is 0 Å². The van der Waals surface area contributed by atoms with Crippen LogP contribution in [0.5, 0.6) is 0 Å². The normalized spacial score (nSPS) is 25.2. The lowest BCUT2D eigenvalue weighted by Crippen LogP contribution is -2.56. The van der Waals surface area contributed by atoms with Crippen molar-refractivity contribution in [2.24, 2.45) is 0 Å². The van der Waals surface area contributed by atoms with Crippen molar-refractivity contribution in [1.29, 1.82) is 0 Å². The molecule has 1 N–H and O–H groups in total. The van der Waals surface area contributed by atoms with E-state index < -0.39 is 6.23 Å². The predicted octanol–water partition coefficient (Wildman–Crippen LogP) is -0.227. The van der Waals surface area contributed by atoms with Crippen LogP contribution in [0.25, 0.3) is 0 Å². The Morgan fingerprint density at radius 1 is 1.71 bits per heavy atom. The Morgan fingerprint density at radius 3 is 3.00 bits per heavy atom. The Kier molecular flexibility index (Phi) is 4.31. The average molecular weight is 202 g/mol. The molecule has 5 heteroatoms. The van der Waals surface area contributed by atoms with Crippen molar-refractivity contribution in [2.45, 2.75) is 26.4 Å². The van der Waals surface area contributed by atoms with Crippen molar-refractivity contribution in [2.75, 3.05) is 26.7 Å². The summed E-state index contributed by atoms with van der Waals surface area (Å²) < 4.78 is 10.3. The van der Waals surface area contributed by atoms with Crippen molar-refractivity contribution in [3.8, 4) is 0 Å². The lowest BCUT2D eigenvalue weighted by atomic mass is 10.3. The molecular formula is C9H18N2O3. The fourth-order valence-corrected chi connectivity index (χ4v) is 1.36. The minimum absolute atomic E-state index is 0.0114. The Morgan fingerprint density at radius 2 is 2.43 bits per heavy atom. The number of rotatable bonds is 4. The van der Waals surface area contributed by atoms with Gasteiger partial charge >= 0.3 is 0 Å². The second-order valence-electron chi connectivity index (χ2n) is 3.19. The minimum Gasteiger partial charge on any atom is -0.356 e. The molecule has 14 heavy (non-hydrogen) atoms. The largest absolute Gasteiger partial charge is 0.356 e. The van der Waals surface area contributed by atoms with E-state index in [4.69, 9.17) is 9.47 Å². The van der Waals surface area contributed by atoms with E-state index in [0.29, 0.717) is 0 Å². The second-order valence-corrected chi connectivity index (χ2v) is 3.19. The van der Waals surface area contributed by atoms with Gasteiger partial charge in [-0.3, -0.25) is 10.1 Å². The van der Waals surface area contributed by atoms with Crippen LogP contribution in [0.1, 0.15) is 13.8 Å². The first kappa shape index (κ1) is 11.4. The molecule has 0 saturated carbocycles. The maximum atomic E-state index is 11.7. The molecule has 1 fully saturated rings. The molecule has 1 rings (SSSR count). The maximum Gasteiger partial charge on any atom is 0.266 e. The summed E-state index contributed by atoms with van der Waals surface area (Å²) in [6.07, 6.45) is -0.924. The summed E-state index contributed by atoms with van der Waals surface area (Å²) in [5.74, 6) is -0.0114. The maximum absolute atomic E-state index is 11.7. The van der Waals surface area contributed by atoms with E-state index >= 15 is 0 Å². The molecule has 2 unspecified atom stereocenters. The molecule has 0 spiro atoms. The highest BCUT2D eigenvalue weighted by Gasteiger charge is 2.29. The third-order valence-corrected chi connectivity index (χ3v) is 2.29. The van der Waals surface area contributed by atoms with Crippen molar-refractivity contribution in [3.63, 3.8) is 0 Å². The third kappa shape index (κ3) is 2.67. The zero-order valence-electron chi connectivity index (χ0n) is 8.95. The number of ether oxygens (including phenoxy) is 2. The molecular weight excluding hydrogens is 184 g/mol. The van der Waals surface area contributed by atoms with Crippen LogP contribution in [0.15, 0.2) is 0 Å². The Hall–Kier alpha value is -0.650. The van der Waals surface area contributed by atoms with Gasteiger partial charge in [-0.2, -0.15) is 0 Å². The van der Waals surface area contributed by atoms with E-state index in [1.807, 2.05) is 6.92 Å². The summed E-state index contributed by atoms with van der Waals surface area (Å²) in [6.45, 7) is 5.96. The monoisotopic (exact) mass is 202 g/mol. The van der Waals surface area contributed by atoms with Crippen LogP contribution in [-0.4, -0.2) is 50.1 Å². The van der Waals surface area contributed by atoms with Crippen LogP contribution in [0, 0.1) is 0 Å². The molecule has 0 bridgehead atoms. The standard InChI is InChI=1S/C9H18N2O3/c1-4-11-6-5-10-8(9(11)12)14-7(2)13-3/h7-8,10H,4-6H2,1-3H3. The number of piperazine rings is 1. The number of amides is 1. The minimum atomic E-state index is -0.557. The van der Waals surface area contributed by atoms with Crippen LogP contribution >= 0.6 is 0 Å². The summed E-state index contributed by atoms with van der Waals surface area (Å²) in [4.78, 5) is 13.5. The average Bonchev–Trinajstić information content (AvgIpc) is 2.21. The van der Waals surface area contributed by atoms with E-state index in [-0.39, 0.29) is 12.2 Å². The number of methoxy groups -OCH3 is 1. The van der Waals surface area contributed by atoms with Crippen LogP contribution in [0.4, 0.5) is 0 Å². The summed E-state index contributed by atoms with van der Waals surface area (Å²) in [5.41, 5.74) is 0. The molecule has 1 aliphatic heterocycles. The zero-order chi connectivity index (χ0) is 10.6. The van der Waals surface area contributed by atoms with Gasteiger partial charge in [0, 0.05) is 26.7 Å².